The fourth-order valence-electron chi connectivity index (χ4n) is 2.06. The fourth-order valence-corrected chi connectivity index (χ4v) is 3.31. The molecule has 1 N–H and O–H groups in total. The monoisotopic (exact) mass is 400 g/mol. The van der Waals surface area contributed by atoms with Gasteiger partial charge in [0.25, 0.3) is 0 Å². The first kappa shape index (κ1) is 17.3. The Morgan fingerprint density at radius 3 is 2.71 bits per heavy atom. The Labute approximate surface area is 157 Å². The van der Waals surface area contributed by atoms with E-state index in [4.69, 9.17) is 39.2 Å². The van der Waals surface area contributed by atoms with Crippen LogP contribution in [0.25, 0.3) is 10.8 Å². The molecule has 0 saturated carbocycles. The van der Waals surface area contributed by atoms with Crippen molar-refractivity contribution >= 4 is 57.7 Å². The van der Waals surface area contributed by atoms with Crippen molar-refractivity contribution in [2.45, 2.75) is 13.3 Å². The molecule has 0 spiro atoms. The van der Waals surface area contributed by atoms with Crippen molar-refractivity contribution in [1.82, 2.24) is 4.98 Å². The second-order valence-corrected chi connectivity index (χ2v) is 7.14. The molecule has 0 saturated heterocycles. The molecule has 0 aliphatic rings. The van der Waals surface area contributed by atoms with E-state index in [1.54, 1.807) is 6.92 Å². The van der Waals surface area contributed by atoms with Gasteiger partial charge in [-0.2, -0.15) is 0 Å². The summed E-state index contributed by atoms with van der Waals surface area (Å²) < 4.78 is 5.62. The number of nitrogens with zero attached hydrogens (tertiary/aromatic N) is 1. The summed E-state index contributed by atoms with van der Waals surface area (Å²) >= 11 is 19.4. The second-order valence-electron chi connectivity index (χ2n) is 4.97. The molecule has 3 aromatic rings. The minimum atomic E-state index is -0.274. The zero-order chi connectivity index (χ0) is 17.3. The van der Waals surface area contributed by atoms with Crippen LogP contribution < -0.4 is 5.32 Å². The SMILES string of the molecule is Cc1oc(-c2cccs2)nc1CC(=O)Nc1cc(Cl)c(Cl)cc1Cl. The summed E-state index contributed by atoms with van der Waals surface area (Å²) in [6, 6.07) is 6.82. The van der Waals surface area contributed by atoms with Crippen LogP contribution in [-0.2, 0) is 11.2 Å². The average Bonchev–Trinajstić information content (AvgIpc) is 3.15. The number of benzene rings is 1. The van der Waals surface area contributed by atoms with Crippen LogP contribution in [0.3, 0.4) is 0 Å². The van der Waals surface area contributed by atoms with E-state index in [2.05, 4.69) is 10.3 Å². The van der Waals surface area contributed by atoms with Crippen molar-refractivity contribution in [3.63, 3.8) is 0 Å². The van der Waals surface area contributed by atoms with Gasteiger partial charge in [0.1, 0.15) is 5.76 Å². The number of aryl methyl sites for hydroxylation is 1. The van der Waals surface area contributed by atoms with E-state index in [0.29, 0.717) is 38.1 Å². The molecule has 24 heavy (non-hydrogen) atoms. The molecule has 124 valence electrons. The molecule has 0 unspecified atom stereocenters. The van der Waals surface area contributed by atoms with Crippen LogP contribution in [0.15, 0.2) is 34.1 Å². The highest BCUT2D eigenvalue weighted by Gasteiger charge is 2.16. The fraction of sp³-hybridized carbons (Fsp3) is 0.125. The van der Waals surface area contributed by atoms with Gasteiger partial charge in [0, 0.05) is 0 Å². The van der Waals surface area contributed by atoms with Gasteiger partial charge in [-0.05, 0) is 30.5 Å². The van der Waals surface area contributed by atoms with E-state index >= 15 is 0 Å². The smallest absolute Gasteiger partial charge is 0.236 e. The van der Waals surface area contributed by atoms with Crippen LogP contribution in [0.5, 0.6) is 0 Å². The molecule has 0 atom stereocenters. The van der Waals surface area contributed by atoms with Crippen LogP contribution in [0.2, 0.25) is 15.1 Å². The van der Waals surface area contributed by atoms with E-state index in [0.717, 1.165) is 4.88 Å². The van der Waals surface area contributed by atoms with Crippen molar-refractivity contribution in [3.05, 3.63) is 56.2 Å². The first-order valence-electron chi connectivity index (χ1n) is 6.88. The molecular formula is C16H11Cl3N2O2S. The molecule has 8 heteroatoms. The molecule has 2 aromatic heterocycles. The zero-order valence-corrected chi connectivity index (χ0v) is 15.5. The van der Waals surface area contributed by atoms with Gasteiger partial charge in [0.05, 0.1) is 37.7 Å². The lowest BCUT2D eigenvalue weighted by Gasteiger charge is -2.08. The standard InChI is InChI=1S/C16H11Cl3N2O2S/c1-8-12(21-16(23-8)14-3-2-4-24-14)7-15(22)20-13-6-10(18)9(17)5-11(13)19/h2-6H,7H2,1H3,(H,20,22). The van der Waals surface area contributed by atoms with E-state index < -0.39 is 0 Å². The maximum absolute atomic E-state index is 12.3. The molecule has 0 aliphatic heterocycles. The van der Waals surface area contributed by atoms with Gasteiger partial charge in [0.2, 0.25) is 11.8 Å². The lowest BCUT2D eigenvalue weighted by atomic mass is 10.2. The number of anilines is 1. The summed E-state index contributed by atoms with van der Waals surface area (Å²) in [6.07, 6.45) is 0.0667. The number of thiophene rings is 1. The van der Waals surface area contributed by atoms with Crippen LogP contribution in [-0.4, -0.2) is 10.9 Å². The third kappa shape index (κ3) is 3.75. The Balaban J connectivity index is 1.75. The van der Waals surface area contributed by atoms with Gasteiger partial charge in [-0.15, -0.1) is 11.3 Å². The number of halogens is 3. The molecule has 4 nitrogen and oxygen atoms in total. The molecule has 2 heterocycles. The van der Waals surface area contributed by atoms with Gasteiger partial charge in [0.15, 0.2) is 0 Å². The third-order valence-corrected chi connectivity index (χ3v) is 5.13. The average molecular weight is 402 g/mol. The topological polar surface area (TPSA) is 55.1 Å². The van der Waals surface area contributed by atoms with Gasteiger partial charge < -0.3 is 9.73 Å². The normalized spacial score (nSPS) is 10.8. The quantitative estimate of drug-likeness (QED) is 0.558. The minimum Gasteiger partial charge on any atom is -0.440 e. The maximum atomic E-state index is 12.3. The third-order valence-electron chi connectivity index (χ3n) is 3.24. The first-order valence-corrected chi connectivity index (χ1v) is 8.90. The van der Waals surface area contributed by atoms with Crippen molar-refractivity contribution in [2.75, 3.05) is 5.32 Å². The maximum Gasteiger partial charge on any atom is 0.236 e. The predicted molar refractivity (Wildman–Crippen MR) is 98.4 cm³/mol. The van der Waals surface area contributed by atoms with Gasteiger partial charge in [-0.25, -0.2) is 4.98 Å². The number of hydrogen-bond acceptors (Lipinski definition) is 4. The van der Waals surface area contributed by atoms with Crippen LogP contribution in [0.1, 0.15) is 11.5 Å². The summed E-state index contributed by atoms with van der Waals surface area (Å²) in [4.78, 5) is 17.6. The molecule has 1 amide bonds. The Bertz CT molecular complexity index is 891. The zero-order valence-electron chi connectivity index (χ0n) is 12.4. The largest absolute Gasteiger partial charge is 0.440 e. The summed E-state index contributed by atoms with van der Waals surface area (Å²) in [5, 5.41) is 5.60. The highest BCUT2D eigenvalue weighted by Crippen LogP contribution is 2.32. The van der Waals surface area contributed by atoms with Gasteiger partial charge in [-0.3, -0.25) is 4.79 Å². The lowest BCUT2D eigenvalue weighted by Crippen LogP contribution is -2.15. The Morgan fingerprint density at radius 2 is 2.00 bits per heavy atom. The van der Waals surface area contributed by atoms with E-state index in [9.17, 15) is 4.79 Å². The molecule has 0 fully saturated rings. The molecule has 1 aromatic carbocycles. The molecule has 0 bridgehead atoms. The Hall–Kier alpha value is -1.53. The van der Waals surface area contributed by atoms with E-state index in [-0.39, 0.29) is 12.3 Å². The first-order chi connectivity index (χ1) is 11.4. The van der Waals surface area contributed by atoms with E-state index in [1.165, 1.54) is 23.5 Å². The summed E-state index contributed by atoms with van der Waals surface area (Å²) in [6.45, 7) is 1.78. The number of amides is 1. The summed E-state index contributed by atoms with van der Waals surface area (Å²) in [5.74, 6) is 0.844. The number of rotatable bonds is 4. The van der Waals surface area contributed by atoms with Gasteiger partial charge in [-0.1, -0.05) is 40.9 Å². The summed E-state index contributed by atoms with van der Waals surface area (Å²) in [7, 11) is 0. The number of nitrogens with one attached hydrogen (secondary N) is 1. The number of aromatic nitrogens is 1. The second kappa shape index (κ2) is 7.15. The van der Waals surface area contributed by atoms with Crippen LogP contribution >= 0.6 is 46.1 Å². The molecule has 0 aliphatic carbocycles. The van der Waals surface area contributed by atoms with Crippen molar-refractivity contribution in [2.24, 2.45) is 0 Å². The number of carbonyl (C=O) groups excluding carboxylic acids is 1. The molecular weight excluding hydrogens is 391 g/mol. The lowest BCUT2D eigenvalue weighted by molar-refractivity contribution is -0.115. The van der Waals surface area contributed by atoms with Crippen molar-refractivity contribution in [1.29, 1.82) is 0 Å². The highest BCUT2D eigenvalue weighted by atomic mass is 35.5. The number of oxazole rings is 1. The van der Waals surface area contributed by atoms with Crippen molar-refractivity contribution in [3.8, 4) is 10.8 Å². The van der Waals surface area contributed by atoms with Gasteiger partial charge >= 0.3 is 0 Å². The predicted octanol–water partition coefficient (Wildman–Crippen LogP) is 5.85. The molecule has 3 rings (SSSR count). The molecule has 0 radical (unpaired) electrons. The number of hydrogen-bond donors (Lipinski definition) is 1. The Kier molecular flexibility index (Phi) is 5.15. The minimum absolute atomic E-state index is 0.0667. The van der Waals surface area contributed by atoms with Crippen LogP contribution in [0, 0.1) is 6.92 Å². The van der Waals surface area contributed by atoms with E-state index in [1.807, 2.05) is 17.5 Å². The summed E-state index contributed by atoms with van der Waals surface area (Å²) in [5.41, 5.74) is 0.975. The van der Waals surface area contributed by atoms with Crippen molar-refractivity contribution < 1.29 is 9.21 Å². The number of carbonyl (C=O) groups is 1. The Morgan fingerprint density at radius 1 is 1.25 bits per heavy atom. The highest BCUT2D eigenvalue weighted by molar-refractivity contribution is 7.13. The van der Waals surface area contributed by atoms with Crippen LogP contribution in [0.4, 0.5) is 5.69 Å².